The third-order valence-corrected chi connectivity index (χ3v) is 2.88. The number of aromatic carboxylic acids is 1. The fraction of sp³-hybridized carbons (Fsp3) is 0.455. The fourth-order valence-corrected chi connectivity index (χ4v) is 1.93. The first-order chi connectivity index (χ1) is 8.52. The van der Waals surface area contributed by atoms with E-state index in [1.165, 1.54) is 6.07 Å². The summed E-state index contributed by atoms with van der Waals surface area (Å²) in [6.45, 7) is 2.09. The van der Waals surface area contributed by atoms with Gasteiger partial charge in [0.05, 0.1) is 6.61 Å². The van der Waals surface area contributed by atoms with E-state index in [4.69, 9.17) is 14.6 Å². The minimum atomic E-state index is -1.01. The molecule has 1 amide bonds. The van der Waals surface area contributed by atoms with Gasteiger partial charge in [0.15, 0.2) is 6.61 Å². The predicted octanol–water partition coefficient (Wildman–Crippen LogP) is 0.976. The van der Waals surface area contributed by atoms with Crippen molar-refractivity contribution in [3.05, 3.63) is 16.3 Å². The topological polar surface area (TPSA) is 84.9 Å². The van der Waals surface area contributed by atoms with Crippen LogP contribution in [0.3, 0.4) is 0 Å². The molecule has 0 fully saturated rings. The second kappa shape index (κ2) is 6.97. The lowest BCUT2D eigenvalue weighted by molar-refractivity contribution is -0.124. The Bertz CT molecular complexity index is 417. The first-order valence-electron chi connectivity index (χ1n) is 5.26. The molecule has 0 aliphatic carbocycles. The zero-order chi connectivity index (χ0) is 13.5. The van der Waals surface area contributed by atoms with Crippen LogP contribution in [0.2, 0.25) is 0 Å². The van der Waals surface area contributed by atoms with Crippen molar-refractivity contribution in [3.63, 3.8) is 0 Å². The molecule has 6 nitrogen and oxygen atoms in total. The number of carboxylic acid groups (broad SMARTS) is 1. The summed E-state index contributed by atoms with van der Waals surface area (Å²) < 4.78 is 10.0. The summed E-state index contributed by atoms with van der Waals surface area (Å²) in [5.74, 6) is -0.900. The highest BCUT2D eigenvalue weighted by atomic mass is 32.1. The maximum Gasteiger partial charge on any atom is 0.346 e. The van der Waals surface area contributed by atoms with E-state index in [1.807, 2.05) is 6.92 Å². The number of thiophene rings is 1. The van der Waals surface area contributed by atoms with Gasteiger partial charge in [-0.05, 0) is 6.92 Å². The third-order valence-electron chi connectivity index (χ3n) is 1.98. The highest BCUT2D eigenvalue weighted by Crippen LogP contribution is 2.21. The second-order valence-electron chi connectivity index (χ2n) is 3.66. The Labute approximate surface area is 109 Å². The van der Waals surface area contributed by atoms with Gasteiger partial charge < -0.3 is 19.9 Å². The van der Waals surface area contributed by atoms with Crippen LogP contribution in [0, 0.1) is 0 Å². The molecule has 0 saturated carbocycles. The maximum absolute atomic E-state index is 11.4. The Morgan fingerprint density at radius 2 is 2.28 bits per heavy atom. The first-order valence-corrected chi connectivity index (χ1v) is 6.13. The van der Waals surface area contributed by atoms with E-state index in [1.54, 1.807) is 12.5 Å². The molecule has 18 heavy (non-hydrogen) atoms. The highest BCUT2D eigenvalue weighted by molar-refractivity contribution is 7.12. The van der Waals surface area contributed by atoms with Crippen LogP contribution in [0.1, 0.15) is 16.6 Å². The van der Waals surface area contributed by atoms with Crippen molar-refractivity contribution in [1.29, 1.82) is 0 Å². The second-order valence-corrected chi connectivity index (χ2v) is 4.58. The molecule has 0 spiro atoms. The molecule has 2 N–H and O–H groups in total. The van der Waals surface area contributed by atoms with Crippen LogP contribution in [-0.4, -0.2) is 43.3 Å². The molecule has 100 valence electrons. The fourth-order valence-electron chi connectivity index (χ4n) is 1.26. The molecule has 0 radical (unpaired) electrons. The van der Waals surface area contributed by atoms with E-state index in [0.717, 1.165) is 11.3 Å². The van der Waals surface area contributed by atoms with Crippen molar-refractivity contribution in [2.24, 2.45) is 0 Å². The average Bonchev–Trinajstić information content (AvgIpc) is 2.75. The molecule has 1 rings (SSSR count). The zero-order valence-electron chi connectivity index (χ0n) is 10.1. The summed E-state index contributed by atoms with van der Waals surface area (Å²) >= 11 is 1.06. The predicted molar refractivity (Wildman–Crippen MR) is 66.3 cm³/mol. The Morgan fingerprint density at radius 3 is 2.83 bits per heavy atom. The van der Waals surface area contributed by atoms with Gasteiger partial charge in [0.2, 0.25) is 0 Å². The standard InChI is InChI=1S/C11H15NO5S/c1-7(4-16-2)12-10(13)5-17-8-3-9(11(14)15)18-6-8/h3,6-7H,4-5H2,1-2H3,(H,12,13)(H,14,15). The van der Waals surface area contributed by atoms with Crippen LogP contribution in [-0.2, 0) is 9.53 Å². The van der Waals surface area contributed by atoms with E-state index in [-0.39, 0.29) is 23.4 Å². The average molecular weight is 273 g/mol. The molecule has 1 aromatic rings. The van der Waals surface area contributed by atoms with Crippen molar-refractivity contribution in [2.75, 3.05) is 20.3 Å². The molecule has 0 aromatic carbocycles. The lowest BCUT2D eigenvalue weighted by Crippen LogP contribution is -2.38. The Balaban J connectivity index is 2.35. The Hall–Kier alpha value is -1.60. The lowest BCUT2D eigenvalue weighted by Gasteiger charge is -2.12. The first kappa shape index (κ1) is 14.5. The molecular formula is C11H15NO5S. The minimum absolute atomic E-state index is 0.0943. The van der Waals surface area contributed by atoms with E-state index >= 15 is 0 Å². The molecule has 0 aliphatic heterocycles. The number of nitrogens with one attached hydrogen (secondary N) is 1. The SMILES string of the molecule is COCC(C)NC(=O)COc1csc(C(=O)O)c1. The molecule has 0 aliphatic rings. The monoisotopic (exact) mass is 273 g/mol. The van der Waals surface area contributed by atoms with Crippen molar-refractivity contribution >= 4 is 23.2 Å². The van der Waals surface area contributed by atoms with Gasteiger partial charge in [-0.15, -0.1) is 11.3 Å². The zero-order valence-corrected chi connectivity index (χ0v) is 11.0. The Morgan fingerprint density at radius 1 is 1.56 bits per heavy atom. The lowest BCUT2D eigenvalue weighted by atomic mass is 10.3. The number of carbonyl (C=O) groups is 2. The number of carboxylic acids is 1. The van der Waals surface area contributed by atoms with E-state index in [9.17, 15) is 9.59 Å². The van der Waals surface area contributed by atoms with Crippen LogP contribution in [0.25, 0.3) is 0 Å². The largest absolute Gasteiger partial charge is 0.483 e. The van der Waals surface area contributed by atoms with E-state index in [2.05, 4.69) is 5.32 Å². The number of carbonyl (C=O) groups excluding carboxylic acids is 1. The molecule has 1 unspecified atom stereocenters. The number of rotatable bonds is 7. The molecular weight excluding hydrogens is 258 g/mol. The van der Waals surface area contributed by atoms with Crippen molar-refractivity contribution < 1.29 is 24.2 Å². The maximum atomic E-state index is 11.4. The molecule has 0 bridgehead atoms. The summed E-state index contributed by atoms with van der Waals surface area (Å²) in [5.41, 5.74) is 0. The van der Waals surface area contributed by atoms with Gasteiger partial charge in [0.25, 0.3) is 5.91 Å². The summed E-state index contributed by atoms with van der Waals surface area (Å²) in [4.78, 5) is 22.2. The Kier molecular flexibility index (Phi) is 5.60. The summed E-state index contributed by atoms with van der Waals surface area (Å²) in [5, 5.41) is 12.9. The van der Waals surface area contributed by atoms with E-state index < -0.39 is 5.97 Å². The molecule has 1 atom stereocenters. The van der Waals surface area contributed by atoms with Gasteiger partial charge >= 0.3 is 5.97 Å². The number of ether oxygens (including phenoxy) is 2. The number of hydrogen-bond acceptors (Lipinski definition) is 5. The van der Waals surface area contributed by atoms with Gasteiger partial charge in [-0.1, -0.05) is 0 Å². The van der Waals surface area contributed by atoms with Crippen LogP contribution in [0.15, 0.2) is 11.4 Å². The minimum Gasteiger partial charge on any atom is -0.483 e. The van der Waals surface area contributed by atoms with Crippen LogP contribution < -0.4 is 10.1 Å². The highest BCUT2D eigenvalue weighted by Gasteiger charge is 2.10. The van der Waals surface area contributed by atoms with Crippen molar-refractivity contribution in [2.45, 2.75) is 13.0 Å². The summed E-state index contributed by atoms with van der Waals surface area (Å²) in [7, 11) is 1.55. The van der Waals surface area contributed by atoms with Gasteiger partial charge in [-0.25, -0.2) is 4.79 Å². The van der Waals surface area contributed by atoms with Gasteiger partial charge in [0.1, 0.15) is 10.6 Å². The van der Waals surface area contributed by atoms with Crippen LogP contribution in [0.5, 0.6) is 5.75 Å². The van der Waals surface area contributed by atoms with Crippen molar-refractivity contribution in [3.8, 4) is 5.75 Å². The van der Waals surface area contributed by atoms with Crippen molar-refractivity contribution in [1.82, 2.24) is 5.32 Å². The quantitative estimate of drug-likeness (QED) is 0.773. The number of amides is 1. The molecule has 7 heteroatoms. The summed E-state index contributed by atoms with van der Waals surface area (Å²) in [6.07, 6.45) is 0. The van der Waals surface area contributed by atoms with Crippen LogP contribution in [0.4, 0.5) is 0 Å². The normalized spacial score (nSPS) is 11.9. The molecule has 1 heterocycles. The third kappa shape index (κ3) is 4.72. The van der Waals surface area contributed by atoms with Gasteiger partial charge in [0, 0.05) is 24.6 Å². The smallest absolute Gasteiger partial charge is 0.346 e. The molecule has 0 saturated heterocycles. The van der Waals surface area contributed by atoms with E-state index in [0.29, 0.717) is 12.4 Å². The molecule has 1 aromatic heterocycles. The van der Waals surface area contributed by atoms with Crippen LogP contribution >= 0.6 is 11.3 Å². The number of hydrogen-bond donors (Lipinski definition) is 2. The van der Waals surface area contributed by atoms with Gasteiger partial charge in [-0.3, -0.25) is 4.79 Å². The van der Waals surface area contributed by atoms with Gasteiger partial charge in [-0.2, -0.15) is 0 Å². The number of methoxy groups -OCH3 is 1. The summed E-state index contributed by atoms with van der Waals surface area (Å²) in [6, 6.07) is 1.29.